The second kappa shape index (κ2) is 3.79. The number of H-pyrrole nitrogens is 1. The van der Waals surface area contributed by atoms with Gasteiger partial charge in [-0.15, -0.1) is 0 Å². The van der Waals surface area contributed by atoms with E-state index >= 15 is 0 Å². The van der Waals surface area contributed by atoms with Crippen molar-refractivity contribution in [1.82, 2.24) is 9.97 Å². The van der Waals surface area contributed by atoms with E-state index in [2.05, 4.69) is 9.97 Å². The van der Waals surface area contributed by atoms with Crippen LogP contribution in [0.1, 0.15) is 6.92 Å². The van der Waals surface area contributed by atoms with Crippen LogP contribution in [0.25, 0.3) is 11.0 Å². The van der Waals surface area contributed by atoms with Crippen LogP contribution in [0.5, 0.6) is 6.01 Å². The summed E-state index contributed by atoms with van der Waals surface area (Å²) >= 11 is 0. The van der Waals surface area contributed by atoms with Crippen LogP contribution in [0.3, 0.4) is 0 Å². The average molecular weight is 240 g/mol. The summed E-state index contributed by atoms with van der Waals surface area (Å²) in [6.07, 6.45) is 1.17. The molecule has 2 aromatic rings. The predicted octanol–water partition coefficient (Wildman–Crippen LogP) is 1.37. The molecule has 0 radical (unpaired) electrons. The van der Waals surface area contributed by atoms with Gasteiger partial charge in [0.25, 0.3) is 6.01 Å². The average Bonchev–Trinajstić information content (AvgIpc) is 2.57. The van der Waals surface area contributed by atoms with Gasteiger partial charge < -0.3 is 9.72 Å². The molecular formula is C10H12N2O3S. The summed E-state index contributed by atoms with van der Waals surface area (Å²) in [6, 6.07) is 5.17. The summed E-state index contributed by atoms with van der Waals surface area (Å²) in [5.74, 6) is 0. The second-order valence-corrected chi connectivity index (χ2v) is 5.44. The number of rotatable bonds is 3. The largest absolute Gasteiger partial charge is 0.465 e. The highest BCUT2D eigenvalue weighted by atomic mass is 32.2. The van der Waals surface area contributed by atoms with Crippen LogP contribution >= 0.6 is 0 Å². The van der Waals surface area contributed by atoms with Crippen molar-refractivity contribution in [2.45, 2.75) is 11.8 Å². The van der Waals surface area contributed by atoms with Gasteiger partial charge in [-0.25, -0.2) is 8.42 Å². The molecule has 0 bridgehead atoms. The summed E-state index contributed by atoms with van der Waals surface area (Å²) in [4.78, 5) is 7.34. The Morgan fingerprint density at radius 1 is 1.44 bits per heavy atom. The lowest BCUT2D eigenvalue weighted by Gasteiger charge is -1.96. The molecular weight excluding hydrogens is 228 g/mol. The standard InChI is InChI=1S/C10H12N2O3S/c1-3-15-10-11-8-5-4-7(16(2,13)14)6-9(8)12-10/h4-6H,3H2,1-2H3,(H,11,12). The maximum absolute atomic E-state index is 11.3. The van der Waals surface area contributed by atoms with Gasteiger partial charge in [0.15, 0.2) is 9.84 Å². The van der Waals surface area contributed by atoms with Crippen LogP contribution < -0.4 is 4.74 Å². The van der Waals surface area contributed by atoms with Gasteiger partial charge >= 0.3 is 0 Å². The Hall–Kier alpha value is -1.56. The van der Waals surface area contributed by atoms with Gasteiger partial charge in [0.05, 0.1) is 22.5 Å². The molecule has 0 saturated carbocycles. The van der Waals surface area contributed by atoms with Crippen LogP contribution in [0.2, 0.25) is 0 Å². The lowest BCUT2D eigenvalue weighted by molar-refractivity contribution is 0.317. The first-order chi connectivity index (χ1) is 7.50. The van der Waals surface area contributed by atoms with E-state index in [-0.39, 0.29) is 4.90 Å². The number of imidazole rings is 1. The highest BCUT2D eigenvalue weighted by Gasteiger charge is 2.10. The van der Waals surface area contributed by atoms with Gasteiger partial charge in [0, 0.05) is 6.26 Å². The zero-order valence-corrected chi connectivity index (χ0v) is 9.84. The van der Waals surface area contributed by atoms with E-state index in [9.17, 15) is 8.42 Å². The van der Waals surface area contributed by atoms with E-state index in [0.717, 1.165) is 5.52 Å². The van der Waals surface area contributed by atoms with Crippen molar-refractivity contribution >= 4 is 20.9 Å². The molecule has 0 unspecified atom stereocenters. The number of ether oxygens (including phenoxy) is 1. The van der Waals surface area contributed by atoms with E-state index < -0.39 is 9.84 Å². The summed E-state index contributed by atoms with van der Waals surface area (Å²) < 4.78 is 27.9. The lowest BCUT2D eigenvalue weighted by atomic mass is 10.3. The number of fused-ring (bicyclic) bond motifs is 1. The summed E-state index contributed by atoms with van der Waals surface area (Å²) in [5, 5.41) is 0. The molecule has 0 spiro atoms. The number of hydrogen-bond donors (Lipinski definition) is 1. The van der Waals surface area contributed by atoms with Crippen molar-refractivity contribution in [2.24, 2.45) is 0 Å². The van der Waals surface area contributed by atoms with Crippen LogP contribution in [0, 0.1) is 0 Å². The molecule has 86 valence electrons. The third-order valence-corrected chi connectivity index (χ3v) is 3.25. The summed E-state index contributed by atoms with van der Waals surface area (Å²) in [7, 11) is -3.19. The van der Waals surface area contributed by atoms with E-state index in [0.29, 0.717) is 18.1 Å². The Morgan fingerprint density at radius 3 is 2.81 bits per heavy atom. The van der Waals surface area contributed by atoms with Crippen molar-refractivity contribution in [2.75, 3.05) is 12.9 Å². The Morgan fingerprint density at radius 2 is 2.19 bits per heavy atom. The SMILES string of the molecule is CCOc1nc2cc(S(C)(=O)=O)ccc2[nH]1. The molecule has 1 heterocycles. The highest BCUT2D eigenvalue weighted by molar-refractivity contribution is 7.90. The van der Waals surface area contributed by atoms with Gasteiger partial charge in [-0.2, -0.15) is 4.98 Å². The molecule has 0 aliphatic rings. The molecule has 0 aliphatic heterocycles. The minimum atomic E-state index is -3.19. The minimum absolute atomic E-state index is 0.259. The number of nitrogens with one attached hydrogen (secondary N) is 1. The molecule has 16 heavy (non-hydrogen) atoms. The maximum Gasteiger partial charge on any atom is 0.294 e. The Balaban J connectivity index is 2.54. The fourth-order valence-corrected chi connectivity index (χ4v) is 2.04. The minimum Gasteiger partial charge on any atom is -0.465 e. The van der Waals surface area contributed by atoms with Gasteiger partial charge in [-0.1, -0.05) is 0 Å². The molecule has 0 atom stereocenters. The van der Waals surface area contributed by atoms with Crippen LogP contribution in [0.4, 0.5) is 0 Å². The van der Waals surface area contributed by atoms with Crippen LogP contribution in [-0.4, -0.2) is 31.2 Å². The summed E-state index contributed by atoms with van der Waals surface area (Å²) in [6.45, 7) is 2.37. The van der Waals surface area contributed by atoms with E-state index in [1.54, 1.807) is 12.1 Å². The number of aromatic nitrogens is 2. The third-order valence-electron chi connectivity index (χ3n) is 2.14. The van der Waals surface area contributed by atoms with Crippen molar-refractivity contribution in [3.8, 4) is 6.01 Å². The highest BCUT2D eigenvalue weighted by Crippen LogP contribution is 2.19. The fourth-order valence-electron chi connectivity index (χ4n) is 1.40. The molecule has 2 rings (SSSR count). The van der Waals surface area contributed by atoms with Crippen LogP contribution in [0.15, 0.2) is 23.1 Å². The molecule has 6 heteroatoms. The first-order valence-corrected chi connectivity index (χ1v) is 6.72. The molecule has 5 nitrogen and oxygen atoms in total. The van der Waals surface area contributed by atoms with Gasteiger partial charge in [-0.3, -0.25) is 0 Å². The molecule has 1 N–H and O–H groups in total. The first kappa shape index (κ1) is 10.9. The maximum atomic E-state index is 11.3. The number of aromatic amines is 1. The van der Waals surface area contributed by atoms with Gasteiger partial charge in [0.2, 0.25) is 0 Å². The molecule has 0 fully saturated rings. The van der Waals surface area contributed by atoms with E-state index in [4.69, 9.17) is 4.74 Å². The lowest BCUT2D eigenvalue weighted by Crippen LogP contribution is -1.96. The zero-order valence-electron chi connectivity index (χ0n) is 9.02. The van der Waals surface area contributed by atoms with Crippen molar-refractivity contribution < 1.29 is 13.2 Å². The Labute approximate surface area is 93.4 Å². The molecule has 0 amide bonds. The van der Waals surface area contributed by atoms with Crippen molar-refractivity contribution in [1.29, 1.82) is 0 Å². The van der Waals surface area contributed by atoms with Crippen molar-refractivity contribution in [3.05, 3.63) is 18.2 Å². The molecule has 0 aliphatic carbocycles. The zero-order chi connectivity index (χ0) is 11.8. The van der Waals surface area contributed by atoms with Crippen molar-refractivity contribution in [3.63, 3.8) is 0 Å². The molecule has 0 saturated heterocycles. The second-order valence-electron chi connectivity index (χ2n) is 3.43. The number of nitrogens with zero attached hydrogens (tertiary/aromatic N) is 1. The molecule has 1 aromatic heterocycles. The Kier molecular flexibility index (Phi) is 2.59. The quantitative estimate of drug-likeness (QED) is 0.879. The molecule has 1 aromatic carbocycles. The topological polar surface area (TPSA) is 72.0 Å². The first-order valence-electron chi connectivity index (χ1n) is 4.83. The normalized spacial score (nSPS) is 11.9. The monoisotopic (exact) mass is 240 g/mol. The number of benzene rings is 1. The van der Waals surface area contributed by atoms with Gasteiger partial charge in [-0.05, 0) is 25.1 Å². The Bertz CT molecular complexity index is 616. The van der Waals surface area contributed by atoms with Crippen LogP contribution in [-0.2, 0) is 9.84 Å². The fraction of sp³-hybridized carbons (Fsp3) is 0.300. The smallest absolute Gasteiger partial charge is 0.294 e. The van der Waals surface area contributed by atoms with E-state index in [1.807, 2.05) is 6.92 Å². The number of hydrogen-bond acceptors (Lipinski definition) is 4. The predicted molar refractivity (Wildman–Crippen MR) is 60.4 cm³/mol. The van der Waals surface area contributed by atoms with E-state index in [1.165, 1.54) is 12.3 Å². The summed E-state index contributed by atoms with van der Waals surface area (Å²) in [5.41, 5.74) is 1.35. The third kappa shape index (κ3) is 2.01. The number of sulfone groups is 1. The van der Waals surface area contributed by atoms with Gasteiger partial charge in [0.1, 0.15) is 0 Å².